The monoisotopic (exact) mass is 454 g/mol. The Labute approximate surface area is 195 Å². The number of nitrogens with zero attached hydrogens (tertiary/aromatic N) is 4. The maximum atomic E-state index is 13.1. The number of aromatic nitrogens is 3. The molecule has 0 unspecified atom stereocenters. The average Bonchev–Trinajstić information content (AvgIpc) is 3.21. The van der Waals surface area contributed by atoms with Crippen molar-refractivity contribution >= 4 is 5.91 Å². The molecule has 3 rings (SSSR count). The van der Waals surface area contributed by atoms with Gasteiger partial charge in [-0.2, -0.15) is 0 Å². The first-order valence-electron chi connectivity index (χ1n) is 11.3. The van der Waals surface area contributed by atoms with Crippen LogP contribution in [0.3, 0.4) is 0 Å². The van der Waals surface area contributed by atoms with Crippen molar-refractivity contribution in [1.29, 1.82) is 0 Å². The van der Waals surface area contributed by atoms with Gasteiger partial charge in [0.2, 0.25) is 0 Å². The molecule has 0 atom stereocenters. The van der Waals surface area contributed by atoms with Crippen LogP contribution in [0.4, 0.5) is 0 Å². The van der Waals surface area contributed by atoms with E-state index < -0.39 is 0 Å². The van der Waals surface area contributed by atoms with Gasteiger partial charge in [0.15, 0.2) is 0 Å². The van der Waals surface area contributed by atoms with Gasteiger partial charge in [0.25, 0.3) is 5.91 Å². The minimum atomic E-state index is -0.261. The summed E-state index contributed by atoms with van der Waals surface area (Å²) in [4.78, 5) is 14.8. The Hall–Kier alpha value is -3.55. The molecule has 1 aliphatic carbocycles. The van der Waals surface area contributed by atoms with Crippen LogP contribution in [-0.4, -0.2) is 56.0 Å². The lowest BCUT2D eigenvalue weighted by Crippen LogP contribution is -2.36. The lowest BCUT2D eigenvalue weighted by atomic mass is 10.1. The van der Waals surface area contributed by atoms with E-state index in [0.29, 0.717) is 26.1 Å². The molecule has 178 valence electrons. The Morgan fingerprint density at radius 2 is 1.88 bits per heavy atom. The van der Waals surface area contributed by atoms with Crippen molar-refractivity contribution in [3.63, 3.8) is 0 Å². The summed E-state index contributed by atoms with van der Waals surface area (Å²) in [6.07, 6.45) is 7.55. The lowest BCUT2D eigenvalue weighted by molar-refractivity contribution is -0.127. The topological polar surface area (TPSA) is 101 Å². The number of hydrogen-bond acceptors (Lipinski definition) is 6. The van der Waals surface area contributed by atoms with Crippen LogP contribution in [0.5, 0.6) is 5.75 Å². The van der Waals surface area contributed by atoms with Gasteiger partial charge in [0, 0.05) is 32.5 Å². The summed E-state index contributed by atoms with van der Waals surface area (Å²) >= 11 is 0. The first-order chi connectivity index (χ1) is 16.0. The molecule has 1 aromatic heterocycles. The standard InChI is InChI=1S/C23H28N4O4.C2H6/c1-3-12-26(23(30)20-10-6-18(28)7-11-21(20)29)13-14-27-16-24-25-22(27)15-17-4-8-19(31-2)9-5-17;1-2/h4-10,16,28-29H,3,11-15H2,1-2H3;1-2H3. The number of methoxy groups -OCH3 is 1. The van der Waals surface area contributed by atoms with Gasteiger partial charge in [0.05, 0.1) is 12.7 Å². The van der Waals surface area contributed by atoms with Crippen LogP contribution in [0.15, 0.2) is 65.9 Å². The van der Waals surface area contributed by atoms with Crippen LogP contribution in [0, 0.1) is 0 Å². The molecular formula is C25H34N4O4. The minimum Gasteiger partial charge on any atom is -0.511 e. The highest BCUT2D eigenvalue weighted by Crippen LogP contribution is 2.18. The first-order valence-corrected chi connectivity index (χ1v) is 11.3. The first kappa shape index (κ1) is 25.7. The molecule has 0 aliphatic heterocycles. The summed E-state index contributed by atoms with van der Waals surface area (Å²) < 4.78 is 7.13. The Bertz CT molecular complexity index is 990. The SMILES string of the molecule is CC.CCCN(CCn1cnnc1Cc1ccc(OC)cc1)C(=O)C1=C(O)CC=C(O)C=C1. The minimum absolute atomic E-state index is 0.0315. The number of amides is 1. The van der Waals surface area contributed by atoms with Crippen molar-refractivity contribution in [1.82, 2.24) is 19.7 Å². The van der Waals surface area contributed by atoms with E-state index in [2.05, 4.69) is 10.2 Å². The lowest BCUT2D eigenvalue weighted by Gasteiger charge is -2.23. The molecule has 0 spiro atoms. The zero-order chi connectivity index (χ0) is 24.2. The smallest absolute Gasteiger partial charge is 0.257 e. The molecule has 1 heterocycles. The van der Waals surface area contributed by atoms with E-state index in [1.165, 1.54) is 18.2 Å². The van der Waals surface area contributed by atoms with Gasteiger partial charge in [0.1, 0.15) is 29.4 Å². The van der Waals surface area contributed by atoms with Crippen LogP contribution in [0.25, 0.3) is 0 Å². The zero-order valence-corrected chi connectivity index (χ0v) is 19.9. The van der Waals surface area contributed by atoms with E-state index >= 15 is 0 Å². The molecule has 0 saturated carbocycles. The summed E-state index contributed by atoms with van der Waals surface area (Å²) in [5, 5.41) is 28.1. The summed E-state index contributed by atoms with van der Waals surface area (Å²) in [5.74, 6) is 1.33. The molecular weight excluding hydrogens is 420 g/mol. The highest BCUT2D eigenvalue weighted by molar-refractivity contribution is 5.97. The maximum absolute atomic E-state index is 13.1. The predicted molar refractivity (Wildman–Crippen MR) is 128 cm³/mol. The average molecular weight is 455 g/mol. The molecule has 33 heavy (non-hydrogen) atoms. The second-order valence-corrected chi connectivity index (χ2v) is 7.28. The van der Waals surface area contributed by atoms with E-state index in [1.807, 2.05) is 49.6 Å². The van der Waals surface area contributed by atoms with Gasteiger partial charge in [-0.05, 0) is 42.3 Å². The van der Waals surface area contributed by atoms with Gasteiger partial charge in [-0.3, -0.25) is 4.79 Å². The van der Waals surface area contributed by atoms with Gasteiger partial charge in [-0.1, -0.05) is 32.9 Å². The van der Waals surface area contributed by atoms with Crippen molar-refractivity contribution < 1.29 is 19.7 Å². The normalized spacial score (nSPS) is 13.0. The van der Waals surface area contributed by atoms with Crippen LogP contribution in [0.1, 0.15) is 45.0 Å². The number of carbonyl (C=O) groups is 1. The summed E-state index contributed by atoms with van der Waals surface area (Å²) in [7, 11) is 1.63. The Balaban J connectivity index is 0.00000187. The molecule has 8 nitrogen and oxygen atoms in total. The fourth-order valence-electron chi connectivity index (χ4n) is 3.35. The molecule has 0 radical (unpaired) electrons. The molecule has 2 N–H and O–H groups in total. The zero-order valence-electron chi connectivity index (χ0n) is 19.9. The molecule has 1 aromatic carbocycles. The summed E-state index contributed by atoms with van der Waals surface area (Å²) in [6, 6.07) is 7.79. The van der Waals surface area contributed by atoms with Gasteiger partial charge in [-0.25, -0.2) is 0 Å². The number of hydrogen-bond donors (Lipinski definition) is 2. The highest BCUT2D eigenvalue weighted by Gasteiger charge is 2.21. The van der Waals surface area contributed by atoms with E-state index in [0.717, 1.165) is 23.6 Å². The fraction of sp³-hybridized carbons (Fsp3) is 0.400. The molecule has 8 heteroatoms. The Kier molecular flexibility index (Phi) is 10.2. The number of benzene rings is 1. The third kappa shape index (κ3) is 7.24. The highest BCUT2D eigenvalue weighted by atomic mass is 16.5. The molecule has 0 saturated heterocycles. The molecule has 1 amide bonds. The third-order valence-corrected chi connectivity index (χ3v) is 5.08. The van der Waals surface area contributed by atoms with E-state index in [4.69, 9.17) is 4.74 Å². The van der Waals surface area contributed by atoms with Crippen molar-refractivity contribution in [2.75, 3.05) is 20.2 Å². The maximum Gasteiger partial charge on any atom is 0.257 e. The number of rotatable bonds is 9. The number of aliphatic hydroxyl groups excluding tert-OH is 2. The number of carbonyl (C=O) groups excluding carboxylic acids is 1. The third-order valence-electron chi connectivity index (χ3n) is 5.08. The number of ether oxygens (including phenoxy) is 1. The van der Waals surface area contributed by atoms with Gasteiger partial charge in [-0.15, -0.1) is 10.2 Å². The van der Waals surface area contributed by atoms with Crippen LogP contribution in [0.2, 0.25) is 0 Å². The van der Waals surface area contributed by atoms with Crippen LogP contribution in [-0.2, 0) is 17.8 Å². The molecule has 0 fully saturated rings. The molecule has 2 aromatic rings. The fourth-order valence-corrected chi connectivity index (χ4v) is 3.35. The van der Waals surface area contributed by atoms with Crippen molar-refractivity contribution in [3.05, 3.63) is 77.3 Å². The van der Waals surface area contributed by atoms with Crippen molar-refractivity contribution in [3.8, 4) is 5.75 Å². The predicted octanol–water partition coefficient (Wildman–Crippen LogP) is 4.36. The van der Waals surface area contributed by atoms with E-state index in [1.54, 1.807) is 18.3 Å². The van der Waals surface area contributed by atoms with E-state index in [-0.39, 0.29) is 29.4 Å². The van der Waals surface area contributed by atoms with Crippen molar-refractivity contribution in [2.24, 2.45) is 0 Å². The van der Waals surface area contributed by atoms with Crippen molar-refractivity contribution in [2.45, 2.75) is 46.6 Å². The molecule has 0 bridgehead atoms. The van der Waals surface area contributed by atoms with Crippen LogP contribution >= 0.6 is 0 Å². The van der Waals surface area contributed by atoms with Gasteiger partial charge < -0.3 is 24.4 Å². The van der Waals surface area contributed by atoms with Crippen LogP contribution < -0.4 is 4.74 Å². The van der Waals surface area contributed by atoms with Gasteiger partial charge >= 0.3 is 0 Å². The van der Waals surface area contributed by atoms with E-state index in [9.17, 15) is 15.0 Å². The Morgan fingerprint density at radius 1 is 1.15 bits per heavy atom. The number of aliphatic hydroxyl groups is 2. The quantitative estimate of drug-likeness (QED) is 0.584. The largest absolute Gasteiger partial charge is 0.511 e. The molecule has 1 aliphatic rings. The summed E-state index contributed by atoms with van der Waals surface area (Å²) in [5.41, 5.74) is 1.29. The summed E-state index contributed by atoms with van der Waals surface area (Å²) in [6.45, 7) is 7.54. The Morgan fingerprint density at radius 3 is 2.55 bits per heavy atom. The number of allylic oxidation sites excluding steroid dienone is 2. The second-order valence-electron chi connectivity index (χ2n) is 7.28. The second kappa shape index (κ2) is 13.1.